The fourth-order valence-electron chi connectivity index (χ4n) is 4.87. The Bertz CT molecular complexity index is 729. The molecule has 26 heavy (non-hydrogen) atoms. The van der Waals surface area contributed by atoms with E-state index in [1.807, 2.05) is 29.1 Å². The van der Waals surface area contributed by atoms with Crippen LogP contribution in [0.15, 0.2) is 42.7 Å². The molecule has 0 bridgehead atoms. The number of carbonyl (C=O) groups is 1. The molecule has 1 aromatic carbocycles. The summed E-state index contributed by atoms with van der Waals surface area (Å²) in [6, 6.07) is 9.99. The molecule has 138 valence electrons. The van der Waals surface area contributed by atoms with Crippen molar-refractivity contribution in [2.75, 3.05) is 13.1 Å². The Hall–Kier alpha value is -2.10. The number of rotatable bonds is 3. The Balaban J connectivity index is 1.45. The van der Waals surface area contributed by atoms with E-state index in [0.29, 0.717) is 5.41 Å². The molecule has 1 aromatic heterocycles. The molecule has 4 heteroatoms. The van der Waals surface area contributed by atoms with Gasteiger partial charge in [0.2, 0.25) is 0 Å². The minimum Gasteiger partial charge on any atom is -0.338 e. The van der Waals surface area contributed by atoms with Gasteiger partial charge in [-0.15, -0.1) is 0 Å². The Morgan fingerprint density at radius 2 is 1.96 bits per heavy atom. The Labute approximate surface area is 156 Å². The third kappa shape index (κ3) is 3.42. The van der Waals surface area contributed by atoms with Crippen LogP contribution < -0.4 is 0 Å². The maximum absolute atomic E-state index is 13.1. The van der Waals surface area contributed by atoms with E-state index in [-0.39, 0.29) is 5.91 Å². The van der Waals surface area contributed by atoms with Gasteiger partial charge >= 0.3 is 0 Å². The molecule has 1 saturated carbocycles. The SMILES string of the molecule is C[C@@H]1CCN(C(=O)c2ccc(Cn3cccn3)cc2)CC12CCCCC2. The Morgan fingerprint density at radius 3 is 2.65 bits per heavy atom. The molecule has 1 aliphatic carbocycles. The van der Waals surface area contributed by atoms with Crippen LogP contribution in [0.4, 0.5) is 0 Å². The quantitative estimate of drug-likeness (QED) is 0.824. The number of hydrogen-bond acceptors (Lipinski definition) is 2. The maximum Gasteiger partial charge on any atom is 0.253 e. The van der Waals surface area contributed by atoms with Gasteiger partial charge in [-0.3, -0.25) is 9.48 Å². The predicted octanol–water partition coefficient (Wildman–Crippen LogP) is 4.36. The van der Waals surface area contributed by atoms with Crippen LogP contribution in [0.1, 0.15) is 61.4 Å². The van der Waals surface area contributed by atoms with Gasteiger partial charge < -0.3 is 4.90 Å². The van der Waals surface area contributed by atoms with E-state index < -0.39 is 0 Å². The van der Waals surface area contributed by atoms with E-state index in [1.54, 1.807) is 6.20 Å². The molecule has 4 rings (SSSR count). The largest absolute Gasteiger partial charge is 0.338 e. The van der Waals surface area contributed by atoms with E-state index >= 15 is 0 Å². The average Bonchev–Trinajstić information content (AvgIpc) is 3.18. The first-order valence-corrected chi connectivity index (χ1v) is 10.0. The molecule has 4 nitrogen and oxygen atoms in total. The van der Waals surface area contributed by atoms with E-state index in [0.717, 1.165) is 37.5 Å². The van der Waals surface area contributed by atoms with E-state index in [9.17, 15) is 4.79 Å². The molecule has 1 spiro atoms. The molecule has 1 amide bonds. The normalized spacial score (nSPS) is 22.5. The van der Waals surface area contributed by atoms with Crippen LogP contribution in [0.2, 0.25) is 0 Å². The predicted molar refractivity (Wildman–Crippen MR) is 103 cm³/mol. The number of amides is 1. The van der Waals surface area contributed by atoms with Crippen LogP contribution in [0, 0.1) is 11.3 Å². The molecule has 1 atom stereocenters. The van der Waals surface area contributed by atoms with Crippen LogP contribution in [0.25, 0.3) is 0 Å². The minimum atomic E-state index is 0.201. The van der Waals surface area contributed by atoms with Crippen LogP contribution in [-0.2, 0) is 6.54 Å². The summed E-state index contributed by atoms with van der Waals surface area (Å²) in [5.41, 5.74) is 2.35. The van der Waals surface area contributed by atoms with E-state index in [4.69, 9.17) is 0 Å². The van der Waals surface area contributed by atoms with Crippen molar-refractivity contribution >= 4 is 5.91 Å². The summed E-state index contributed by atoms with van der Waals surface area (Å²) in [5, 5.41) is 4.24. The van der Waals surface area contributed by atoms with Gasteiger partial charge in [-0.1, -0.05) is 38.3 Å². The number of hydrogen-bond donors (Lipinski definition) is 0. The van der Waals surface area contributed by atoms with Gasteiger partial charge in [0.05, 0.1) is 6.54 Å². The summed E-state index contributed by atoms with van der Waals surface area (Å²) in [4.78, 5) is 15.2. The number of aromatic nitrogens is 2. The zero-order chi connectivity index (χ0) is 18.0. The van der Waals surface area contributed by atoms with Crippen molar-refractivity contribution in [2.24, 2.45) is 11.3 Å². The summed E-state index contributed by atoms with van der Waals surface area (Å²) >= 11 is 0. The van der Waals surface area contributed by atoms with Gasteiger partial charge in [-0.25, -0.2) is 0 Å². The van der Waals surface area contributed by atoms with Gasteiger partial charge in [0, 0.05) is 31.0 Å². The molecular formula is C22H29N3O. The summed E-state index contributed by atoms with van der Waals surface area (Å²) < 4.78 is 1.90. The second kappa shape index (κ2) is 7.26. The summed E-state index contributed by atoms with van der Waals surface area (Å²) in [5.74, 6) is 0.941. The smallest absolute Gasteiger partial charge is 0.253 e. The third-order valence-electron chi connectivity index (χ3n) is 6.62. The highest BCUT2D eigenvalue weighted by molar-refractivity contribution is 5.94. The van der Waals surface area contributed by atoms with E-state index in [2.05, 4.69) is 29.1 Å². The number of carbonyl (C=O) groups excluding carboxylic acids is 1. The molecule has 0 radical (unpaired) electrons. The van der Waals surface area contributed by atoms with Crippen LogP contribution in [0.5, 0.6) is 0 Å². The lowest BCUT2D eigenvalue weighted by Gasteiger charge is -2.49. The number of benzene rings is 1. The van der Waals surface area contributed by atoms with Gasteiger partial charge in [0.25, 0.3) is 5.91 Å². The number of nitrogens with zero attached hydrogens (tertiary/aromatic N) is 3. The van der Waals surface area contributed by atoms with Crippen molar-refractivity contribution in [3.63, 3.8) is 0 Å². The highest BCUT2D eigenvalue weighted by Gasteiger charge is 2.42. The van der Waals surface area contributed by atoms with Crippen LogP contribution in [-0.4, -0.2) is 33.7 Å². The molecule has 1 aliphatic heterocycles. The number of likely N-dealkylation sites (tertiary alicyclic amines) is 1. The summed E-state index contributed by atoms with van der Waals surface area (Å²) in [6.07, 6.45) is 11.5. The van der Waals surface area contributed by atoms with E-state index in [1.165, 1.54) is 37.7 Å². The Morgan fingerprint density at radius 1 is 1.19 bits per heavy atom. The lowest BCUT2D eigenvalue weighted by Crippen LogP contribution is -2.51. The first kappa shape index (κ1) is 17.3. The second-order valence-electron chi connectivity index (χ2n) is 8.24. The zero-order valence-corrected chi connectivity index (χ0v) is 15.7. The molecule has 2 heterocycles. The van der Waals surface area contributed by atoms with Gasteiger partial charge in [0.1, 0.15) is 0 Å². The molecule has 2 aliphatic rings. The number of piperidine rings is 1. The van der Waals surface area contributed by atoms with Crippen molar-refractivity contribution in [1.29, 1.82) is 0 Å². The monoisotopic (exact) mass is 351 g/mol. The first-order valence-electron chi connectivity index (χ1n) is 10.0. The van der Waals surface area contributed by atoms with Crippen molar-refractivity contribution in [3.8, 4) is 0 Å². The topological polar surface area (TPSA) is 38.1 Å². The zero-order valence-electron chi connectivity index (χ0n) is 15.7. The molecule has 2 fully saturated rings. The Kier molecular flexibility index (Phi) is 4.84. The van der Waals surface area contributed by atoms with Crippen molar-refractivity contribution in [2.45, 2.75) is 52.0 Å². The summed E-state index contributed by atoms with van der Waals surface area (Å²) in [7, 11) is 0. The standard InChI is InChI=1S/C22H29N3O/c1-18-10-15-24(17-22(18)11-3-2-4-12-22)21(26)20-8-6-19(7-9-20)16-25-14-5-13-23-25/h5-9,13-14,18H,2-4,10-12,15-17H2,1H3/t18-/m1/s1. The maximum atomic E-state index is 13.1. The average molecular weight is 351 g/mol. The highest BCUT2D eigenvalue weighted by Crippen LogP contribution is 2.47. The molecule has 2 aromatic rings. The molecule has 0 unspecified atom stereocenters. The fraction of sp³-hybridized carbons (Fsp3) is 0.545. The molecule has 0 N–H and O–H groups in total. The van der Waals surface area contributed by atoms with Crippen molar-refractivity contribution in [3.05, 3.63) is 53.9 Å². The van der Waals surface area contributed by atoms with Gasteiger partial charge in [0.15, 0.2) is 0 Å². The van der Waals surface area contributed by atoms with Gasteiger partial charge in [-0.2, -0.15) is 5.10 Å². The fourth-order valence-corrected chi connectivity index (χ4v) is 4.87. The lowest BCUT2D eigenvalue weighted by molar-refractivity contribution is 0.00683. The second-order valence-corrected chi connectivity index (χ2v) is 8.24. The van der Waals surface area contributed by atoms with Crippen molar-refractivity contribution < 1.29 is 4.79 Å². The lowest BCUT2D eigenvalue weighted by atomic mass is 9.63. The van der Waals surface area contributed by atoms with Crippen molar-refractivity contribution in [1.82, 2.24) is 14.7 Å². The first-order chi connectivity index (χ1) is 12.7. The van der Waals surface area contributed by atoms with Crippen LogP contribution in [0.3, 0.4) is 0 Å². The minimum absolute atomic E-state index is 0.201. The summed E-state index contributed by atoms with van der Waals surface area (Å²) in [6.45, 7) is 4.99. The third-order valence-corrected chi connectivity index (χ3v) is 6.62. The highest BCUT2D eigenvalue weighted by atomic mass is 16.2. The van der Waals surface area contributed by atoms with Crippen LogP contribution >= 0.6 is 0 Å². The molecule has 1 saturated heterocycles. The molecular weight excluding hydrogens is 322 g/mol. The van der Waals surface area contributed by atoms with Gasteiger partial charge in [-0.05, 0) is 54.4 Å².